The van der Waals surface area contributed by atoms with Gasteiger partial charge in [0.1, 0.15) is 0 Å². The number of nitrogens with one attached hydrogen (secondary N) is 1. The van der Waals surface area contributed by atoms with E-state index in [2.05, 4.69) is 26.1 Å². The van der Waals surface area contributed by atoms with Gasteiger partial charge in [-0.2, -0.15) is 13.2 Å². The van der Waals surface area contributed by atoms with E-state index in [4.69, 9.17) is 0 Å². The normalized spacial score (nSPS) is 45.7. The molecular formula is C22H36F3NO3. The van der Waals surface area contributed by atoms with Crippen LogP contribution in [0.1, 0.15) is 65.7 Å². The summed E-state index contributed by atoms with van der Waals surface area (Å²) in [6.45, 7) is 6.82. The molecule has 29 heavy (non-hydrogen) atoms. The fourth-order valence-corrected chi connectivity index (χ4v) is 7.21. The Morgan fingerprint density at radius 2 is 1.62 bits per heavy atom. The number of hydrogen-bond donors (Lipinski definition) is 3. The monoisotopic (exact) mass is 419 g/mol. The van der Waals surface area contributed by atoms with Gasteiger partial charge in [0.2, 0.25) is 0 Å². The van der Waals surface area contributed by atoms with E-state index in [0.29, 0.717) is 31.1 Å². The predicted molar refractivity (Wildman–Crippen MR) is 104 cm³/mol. The highest BCUT2D eigenvalue weighted by molar-refractivity contribution is 5.81. The first-order valence-corrected chi connectivity index (χ1v) is 11.1. The summed E-state index contributed by atoms with van der Waals surface area (Å²) < 4.78 is 37.9. The van der Waals surface area contributed by atoms with Crippen LogP contribution in [-0.2, 0) is 4.79 Å². The third-order valence-corrected chi connectivity index (χ3v) is 9.32. The first-order valence-electron chi connectivity index (χ1n) is 11.1. The fraction of sp³-hybridized carbons (Fsp3) is 0.955. The van der Waals surface area contributed by atoms with Crippen molar-refractivity contribution in [1.29, 1.82) is 0 Å². The summed E-state index contributed by atoms with van der Waals surface area (Å²) in [4.78, 5) is 11.3. The van der Waals surface area contributed by atoms with E-state index in [9.17, 15) is 28.2 Å². The van der Waals surface area contributed by atoms with Crippen molar-refractivity contribution in [3.8, 4) is 0 Å². The zero-order valence-corrected chi connectivity index (χ0v) is 17.8. The van der Waals surface area contributed by atoms with Crippen LogP contribution in [0.25, 0.3) is 0 Å². The van der Waals surface area contributed by atoms with Crippen LogP contribution in [0.3, 0.4) is 0 Å². The lowest BCUT2D eigenvalue weighted by Crippen LogP contribution is -2.55. The molecule has 1 unspecified atom stereocenters. The van der Waals surface area contributed by atoms with Crippen LogP contribution >= 0.6 is 0 Å². The molecule has 3 aliphatic rings. The molecule has 0 saturated heterocycles. The van der Waals surface area contributed by atoms with Gasteiger partial charge in [-0.1, -0.05) is 20.8 Å². The van der Waals surface area contributed by atoms with Crippen molar-refractivity contribution in [2.45, 2.75) is 77.9 Å². The Hall–Kier alpha value is -0.820. The summed E-state index contributed by atoms with van der Waals surface area (Å²) in [5.41, 5.74) is 0.00161. The minimum atomic E-state index is -4.88. The number of aliphatic hydroxyl groups excluding tert-OH is 2. The van der Waals surface area contributed by atoms with Crippen molar-refractivity contribution in [1.82, 2.24) is 5.32 Å². The summed E-state index contributed by atoms with van der Waals surface area (Å²) in [6, 6.07) is -0.567. The molecule has 3 aliphatic carbocycles. The minimum Gasteiger partial charge on any atom is -0.396 e. The number of rotatable bonds is 4. The summed E-state index contributed by atoms with van der Waals surface area (Å²) >= 11 is 0. The summed E-state index contributed by atoms with van der Waals surface area (Å²) in [6.07, 6.45) is 0.964. The van der Waals surface area contributed by atoms with Gasteiger partial charge >= 0.3 is 12.1 Å². The second-order valence-electron chi connectivity index (χ2n) is 10.4. The Morgan fingerprint density at radius 3 is 2.21 bits per heavy atom. The molecule has 3 N–H and O–H groups in total. The van der Waals surface area contributed by atoms with E-state index in [0.717, 1.165) is 19.3 Å². The third kappa shape index (κ3) is 3.93. The zero-order valence-electron chi connectivity index (χ0n) is 17.8. The molecule has 0 radical (unpaired) electrons. The number of fused-ring (bicyclic) bond motifs is 1. The van der Waals surface area contributed by atoms with Crippen LogP contribution in [0.2, 0.25) is 0 Å². The Bertz CT molecular complexity index is 613. The lowest BCUT2D eigenvalue weighted by atomic mass is 9.49. The van der Waals surface area contributed by atoms with E-state index in [1.165, 1.54) is 6.42 Å². The number of carbonyl (C=O) groups is 1. The van der Waals surface area contributed by atoms with Gasteiger partial charge in [-0.05, 0) is 85.4 Å². The van der Waals surface area contributed by atoms with Crippen molar-refractivity contribution in [2.24, 2.45) is 40.4 Å². The van der Waals surface area contributed by atoms with Crippen LogP contribution < -0.4 is 5.32 Å². The number of halogens is 3. The topological polar surface area (TPSA) is 69.6 Å². The van der Waals surface area contributed by atoms with E-state index in [-0.39, 0.29) is 41.8 Å². The first kappa shape index (κ1) is 22.9. The maximum atomic E-state index is 12.6. The van der Waals surface area contributed by atoms with Crippen molar-refractivity contribution >= 4 is 5.91 Å². The molecule has 3 rings (SSSR count). The molecular weight excluding hydrogens is 383 g/mol. The highest BCUT2D eigenvalue weighted by Crippen LogP contribution is 2.63. The summed E-state index contributed by atoms with van der Waals surface area (Å²) in [7, 11) is 0. The number of alkyl halides is 3. The lowest BCUT2D eigenvalue weighted by Gasteiger charge is -2.57. The highest BCUT2D eigenvalue weighted by Gasteiger charge is 2.57. The van der Waals surface area contributed by atoms with E-state index >= 15 is 0 Å². The maximum absolute atomic E-state index is 12.6. The maximum Gasteiger partial charge on any atom is 0.471 e. The van der Waals surface area contributed by atoms with E-state index in [1.54, 1.807) is 0 Å². The second-order valence-corrected chi connectivity index (χ2v) is 10.4. The SMILES string of the molecule is CC1CC[C@H]2[C@H](CO)[C@@H]([C@@]3(C)CC[C@H](NC(=O)C(F)(F)F)C[C@@H]3CO)CC[C@]12C. The summed E-state index contributed by atoms with van der Waals surface area (Å²) in [5.74, 6) is -0.579. The smallest absolute Gasteiger partial charge is 0.396 e. The van der Waals surface area contributed by atoms with Gasteiger partial charge < -0.3 is 15.5 Å². The number of aliphatic hydroxyl groups is 2. The quantitative estimate of drug-likeness (QED) is 0.647. The van der Waals surface area contributed by atoms with Crippen LogP contribution in [0.15, 0.2) is 0 Å². The Morgan fingerprint density at radius 1 is 1.00 bits per heavy atom. The van der Waals surface area contributed by atoms with Crippen molar-refractivity contribution in [3.05, 3.63) is 0 Å². The van der Waals surface area contributed by atoms with Crippen LogP contribution in [0.4, 0.5) is 13.2 Å². The molecule has 7 heteroatoms. The van der Waals surface area contributed by atoms with Crippen molar-refractivity contribution < 1.29 is 28.2 Å². The zero-order chi connectivity index (χ0) is 21.6. The molecule has 0 aromatic heterocycles. The molecule has 1 amide bonds. The van der Waals surface area contributed by atoms with E-state index in [1.807, 2.05) is 0 Å². The number of amides is 1. The standard InChI is InChI=1S/C22H36F3NO3/c1-13-4-5-17-16(12-28)18(7-9-20(13,17)2)21(3)8-6-15(10-14(21)11-27)26-19(29)22(23,24)25/h13-18,27-28H,4-12H2,1-3H3,(H,26,29)/t13?,14-,15+,16+,17+,18+,20-,21+/m1/s1. The Labute approximate surface area is 171 Å². The van der Waals surface area contributed by atoms with Gasteiger partial charge in [-0.15, -0.1) is 0 Å². The number of carbonyl (C=O) groups excluding carboxylic acids is 1. The molecule has 8 atom stereocenters. The first-order chi connectivity index (χ1) is 13.5. The molecule has 168 valence electrons. The molecule has 0 spiro atoms. The molecule has 0 aliphatic heterocycles. The molecule has 4 nitrogen and oxygen atoms in total. The minimum absolute atomic E-state index is 0.109. The third-order valence-electron chi connectivity index (χ3n) is 9.32. The average molecular weight is 420 g/mol. The van der Waals surface area contributed by atoms with Gasteiger partial charge in [0.25, 0.3) is 0 Å². The van der Waals surface area contributed by atoms with Crippen LogP contribution in [-0.4, -0.2) is 41.6 Å². The molecule has 0 bridgehead atoms. The van der Waals surface area contributed by atoms with Crippen molar-refractivity contribution in [2.75, 3.05) is 13.2 Å². The van der Waals surface area contributed by atoms with Gasteiger partial charge in [0.15, 0.2) is 0 Å². The lowest BCUT2D eigenvalue weighted by molar-refractivity contribution is -0.175. The average Bonchev–Trinajstić information content (AvgIpc) is 2.96. The van der Waals surface area contributed by atoms with Gasteiger partial charge in [-0.3, -0.25) is 4.79 Å². The molecule has 0 heterocycles. The van der Waals surface area contributed by atoms with Crippen LogP contribution in [0.5, 0.6) is 0 Å². The van der Waals surface area contributed by atoms with Gasteiger partial charge in [0, 0.05) is 19.3 Å². The van der Waals surface area contributed by atoms with Crippen molar-refractivity contribution in [3.63, 3.8) is 0 Å². The molecule has 3 fully saturated rings. The molecule has 3 saturated carbocycles. The Kier molecular flexibility index (Phi) is 6.32. The Balaban J connectivity index is 1.76. The predicted octanol–water partition coefficient (Wildman–Crippen LogP) is 3.90. The number of hydrogen-bond acceptors (Lipinski definition) is 3. The second kappa shape index (κ2) is 8.03. The van der Waals surface area contributed by atoms with Gasteiger partial charge in [0.05, 0.1) is 0 Å². The van der Waals surface area contributed by atoms with Crippen LogP contribution in [0, 0.1) is 40.4 Å². The summed E-state index contributed by atoms with van der Waals surface area (Å²) in [5, 5.41) is 22.6. The van der Waals surface area contributed by atoms with E-state index < -0.39 is 18.1 Å². The molecule has 0 aromatic carbocycles. The largest absolute Gasteiger partial charge is 0.471 e. The van der Waals surface area contributed by atoms with Gasteiger partial charge in [-0.25, -0.2) is 0 Å². The molecule has 0 aromatic rings. The highest BCUT2D eigenvalue weighted by atomic mass is 19.4. The fourth-order valence-electron chi connectivity index (χ4n) is 7.21.